The molecular weight excluding hydrogens is 266 g/mol. The highest BCUT2D eigenvalue weighted by molar-refractivity contribution is 5.31. The quantitative estimate of drug-likeness (QED) is 0.792. The van der Waals surface area contributed by atoms with Crippen LogP contribution in [-0.4, -0.2) is 19.9 Å². The number of aromatic nitrogens is 4. The minimum Gasteiger partial charge on any atom is -0.396 e. The summed E-state index contributed by atoms with van der Waals surface area (Å²) in [5.74, 6) is 1.20. The van der Waals surface area contributed by atoms with Crippen molar-refractivity contribution in [1.82, 2.24) is 19.9 Å². The van der Waals surface area contributed by atoms with Gasteiger partial charge in [-0.3, -0.25) is 4.68 Å². The van der Waals surface area contributed by atoms with Crippen LogP contribution < -0.4 is 5.73 Å². The topological polar surface area (TPSA) is 82.8 Å². The van der Waals surface area contributed by atoms with Gasteiger partial charge in [-0.05, 0) is 30.5 Å². The van der Waals surface area contributed by atoms with Gasteiger partial charge in [0.25, 0.3) is 0 Å². The molecule has 21 heavy (non-hydrogen) atoms. The summed E-state index contributed by atoms with van der Waals surface area (Å²) < 4.78 is 6.91. The lowest BCUT2D eigenvalue weighted by Crippen LogP contribution is -2.00. The van der Waals surface area contributed by atoms with Crippen molar-refractivity contribution >= 4 is 5.69 Å². The number of anilines is 1. The van der Waals surface area contributed by atoms with E-state index in [1.807, 2.05) is 0 Å². The Bertz CT molecular complexity index is 759. The molecule has 0 fully saturated rings. The fourth-order valence-electron chi connectivity index (χ4n) is 2.13. The van der Waals surface area contributed by atoms with Gasteiger partial charge in [0.2, 0.25) is 5.89 Å². The molecule has 1 aromatic carbocycles. The van der Waals surface area contributed by atoms with E-state index < -0.39 is 0 Å². The normalized spacial score (nSPS) is 11.0. The smallest absolute Gasteiger partial charge is 0.248 e. The second-order valence-electron chi connectivity index (χ2n) is 5.17. The van der Waals surface area contributed by atoms with Gasteiger partial charge in [-0.2, -0.15) is 10.1 Å². The predicted octanol–water partition coefficient (Wildman–Crippen LogP) is 2.10. The van der Waals surface area contributed by atoms with Crippen LogP contribution in [0.2, 0.25) is 0 Å². The first-order valence-electron chi connectivity index (χ1n) is 6.75. The molecule has 0 spiro atoms. The molecule has 108 valence electrons. The van der Waals surface area contributed by atoms with Crippen molar-refractivity contribution in [3.63, 3.8) is 0 Å². The lowest BCUT2D eigenvalue weighted by molar-refractivity contribution is 0.362. The maximum absolute atomic E-state index is 5.62. The van der Waals surface area contributed by atoms with Crippen LogP contribution in [0.3, 0.4) is 0 Å². The van der Waals surface area contributed by atoms with Crippen molar-refractivity contribution in [3.8, 4) is 0 Å². The molecule has 0 radical (unpaired) electrons. The summed E-state index contributed by atoms with van der Waals surface area (Å²) in [6.07, 6.45) is 3.98. The third kappa shape index (κ3) is 3.10. The molecule has 6 nitrogen and oxygen atoms in total. The molecular formula is C15H17N5O. The third-order valence-electron chi connectivity index (χ3n) is 3.39. The summed E-state index contributed by atoms with van der Waals surface area (Å²) >= 11 is 0. The Morgan fingerprint density at radius 1 is 1.24 bits per heavy atom. The molecule has 0 aliphatic rings. The highest BCUT2D eigenvalue weighted by Gasteiger charge is 2.09. The van der Waals surface area contributed by atoms with E-state index in [2.05, 4.69) is 47.3 Å². The monoisotopic (exact) mass is 283 g/mol. The average molecular weight is 283 g/mol. The van der Waals surface area contributed by atoms with Gasteiger partial charge in [0.05, 0.1) is 11.9 Å². The zero-order valence-electron chi connectivity index (χ0n) is 12.1. The van der Waals surface area contributed by atoms with Crippen molar-refractivity contribution in [2.24, 2.45) is 0 Å². The SMILES string of the molecule is Cc1ccc(Cc2noc(Cn3cc(N)cn3)n2)cc1C. The molecule has 6 heteroatoms. The summed E-state index contributed by atoms with van der Waals surface area (Å²) in [5.41, 5.74) is 9.95. The van der Waals surface area contributed by atoms with Gasteiger partial charge >= 0.3 is 0 Å². The standard InChI is InChI=1S/C15H17N5O/c1-10-3-4-12(5-11(10)2)6-14-18-15(21-19-14)9-20-8-13(16)7-17-20/h3-5,7-8H,6,9,16H2,1-2H3. The van der Waals surface area contributed by atoms with Crippen molar-refractivity contribution in [1.29, 1.82) is 0 Å². The Morgan fingerprint density at radius 3 is 2.81 bits per heavy atom. The first kappa shape index (κ1) is 13.4. The van der Waals surface area contributed by atoms with Gasteiger partial charge in [-0.15, -0.1) is 0 Å². The first-order valence-corrected chi connectivity index (χ1v) is 6.75. The van der Waals surface area contributed by atoms with Gasteiger partial charge < -0.3 is 10.3 Å². The number of nitrogens with two attached hydrogens (primary N) is 1. The van der Waals surface area contributed by atoms with Crippen LogP contribution in [0.25, 0.3) is 0 Å². The minimum atomic E-state index is 0.428. The Kier molecular flexibility index (Phi) is 3.43. The first-order chi connectivity index (χ1) is 10.1. The Morgan fingerprint density at radius 2 is 2.10 bits per heavy atom. The predicted molar refractivity (Wildman–Crippen MR) is 78.8 cm³/mol. The van der Waals surface area contributed by atoms with Crippen LogP contribution in [-0.2, 0) is 13.0 Å². The minimum absolute atomic E-state index is 0.428. The fraction of sp³-hybridized carbons (Fsp3) is 0.267. The number of hydrogen-bond acceptors (Lipinski definition) is 5. The summed E-state index contributed by atoms with van der Waals surface area (Å²) in [4.78, 5) is 4.38. The maximum Gasteiger partial charge on any atom is 0.248 e. The number of benzene rings is 1. The molecule has 0 saturated heterocycles. The Hall–Kier alpha value is -2.63. The van der Waals surface area contributed by atoms with Gasteiger partial charge in [0.1, 0.15) is 6.54 Å². The van der Waals surface area contributed by atoms with Crippen molar-refractivity contribution in [3.05, 3.63) is 59.0 Å². The molecule has 0 unspecified atom stereocenters. The number of nitrogens with zero attached hydrogens (tertiary/aromatic N) is 4. The second kappa shape index (κ2) is 5.40. The van der Waals surface area contributed by atoms with E-state index in [1.165, 1.54) is 16.7 Å². The fourth-order valence-corrected chi connectivity index (χ4v) is 2.13. The van der Waals surface area contributed by atoms with E-state index in [-0.39, 0.29) is 0 Å². The van der Waals surface area contributed by atoms with Crippen molar-refractivity contribution in [2.75, 3.05) is 5.73 Å². The summed E-state index contributed by atoms with van der Waals surface area (Å²) in [5, 5.41) is 8.10. The van der Waals surface area contributed by atoms with Crippen LogP contribution >= 0.6 is 0 Å². The number of hydrogen-bond donors (Lipinski definition) is 1. The van der Waals surface area contributed by atoms with Crippen LogP contribution in [0.5, 0.6) is 0 Å². The molecule has 3 rings (SSSR count). The number of aryl methyl sites for hydroxylation is 2. The van der Waals surface area contributed by atoms with Gasteiger partial charge in [-0.25, -0.2) is 0 Å². The molecule has 0 aliphatic heterocycles. The largest absolute Gasteiger partial charge is 0.396 e. The Balaban J connectivity index is 1.71. The summed E-state index contributed by atoms with van der Waals surface area (Å²) in [6, 6.07) is 6.35. The molecule has 2 N–H and O–H groups in total. The molecule has 0 bridgehead atoms. The lowest BCUT2D eigenvalue weighted by atomic mass is 10.0. The second-order valence-corrected chi connectivity index (χ2v) is 5.17. The molecule has 3 aromatic rings. The van der Waals surface area contributed by atoms with Crippen LogP contribution in [0, 0.1) is 13.8 Å². The van der Waals surface area contributed by atoms with E-state index in [9.17, 15) is 0 Å². The van der Waals surface area contributed by atoms with Crippen LogP contribution in [0.4, 0.5) is 5.69 Å². The molecule has 0 saturated carbocycles. The molecule has 2 aromatic heterocycles. The van der Waals surface area contributed by atoms with E-state index in [4.69, 9.17) is 10.3 Å². The highest BCUT2D eigenvalue weighted by Crippen LogP contribution is 2.13. The zero-order valence-corrected chi connectivity index (χ0v) is 12.1. The number of rotatable bonds is 4. The van der Waals surface area contributed by atoms with E-state index in [0.717, 1.165) is 0 Å². The molecule has 2 heterocycles. The van der Waals surface area contributed by atoms with Crippen molar-refractivity contribution < 1.29 is 4.52 Å². The van der Waals surface area contributed by atoms with Gasteiger partial charge in [0.15, 0.2) is 5.82 Å². The molecule has 0 atom stereocenters. The average Bonchev–Trinajstić information content (AvgIpc) is 3.04. The summed E-state index contributed by atoms with van der Waals surface area (Å²) in [6.45, 7) is 4.63. The van der Waals surface area contributed by atoms with E-state index in [1.54, 1.807) is 17.1 Å². The third-order valence-corrected chi connectivity index (χ3v) is 3.39. The number of nitrogen functional groups attached to an aromatic ring is 1. The maximum atomic E-state index is 5.62. The molecule has 0 aliphatic carbocycles. The molecule has 0 amide bonds. The van der Waals surface area contributed by atoms with Crippen molar-refractivity contribution in [2.45, 2.75) is 26.8 Å². The van der Waals surface area contributed by atoms with E-state index >= 15 is 0 Å². The zero-order chi connectivity index (χ0) is 14.8. The van der Waals surface area contributed by atoms with Crippen LogP contribution in [0.1, 0.15) is 28.4 Å². The van der Waals surface area contributed by atoms with Gasteiger partial charge in [0, 0.05) is 12.6 Å². The van der Waals surface area contributed by atoms with Crippen LogP contribution in [0.15, 0.2) is 35.1 Å². The van der Waals surface area contributed by atoms with E-state index in [0.29, 0.717) is 30.4 Å². The highest BCUT2D eigenvalue weighted by atomic mass is 16.5. The lowest BCUT2D eigenvalue weighted by Gasteiger charge is -2.02. The van der Waals surface area contributed by atoms with Gasteiger partial charge in [-0.1, -0.05) is 23.4 Å². The Labute approximate surface area is 122 Å². The summed E-state index contributed by atoms with van der Waals surface area (Å²) in [7, 11) is 0.